The number of carbonyl (C=O) groups is 1. The van der Waals surface area contributed by atoms with E-state index in [1.54, 1.807) is 30.3 Å². The van der Waals surface area contributed by atoms with Crippen molar-refractivity contribution in [3.63, 3.8) is 0 Å². The molecule has 2 aromatic carbocycles. The average molecular weight is 449 g/mol. The Morgan fingerprint density at radius 2 is 1.97 bits per heavy atom. The zero-order chi connectivity index (χ0) is 21.3. The van der Waals surface area contributed by atoms with Crippen molar-refractivity contribution in [2.75, 3.05) is 17.1 Å². The molecule has 8 heteroatoms. The number of fused-ring (bicyclic) bond motifs is 2. The summed E-state index contributed by atoms with van der Waals surface area (Å²) in [5.74, 6) is 1.97. The van der Waals surface area contributed by atoms with Crippen LogP contribution in [0.5, 0.6) is 5.75 Å². The van der Waals surface area contributed by atoms with Gasteiger partial charge in [-0.05, 0) is 67.3 Å². The van der Waals surface area contributed by atoms with Gasteiger partial charge in [-0.15, -0.1) is 0 Å². The molecule has 30 heavy (non-hydrogen) atoms. The Hall–Kier alpha value is -2.25. The van der Waals surface area contributed by atoms with E-state index in [0.717, 1.165) is 12.3 Å². The zero-order valence-electron chi connectivity index (χ0n) is 16.7. The first-order valence-corrected chi connectivity index (χ1v) is 12.0. The highest BCUT2D eigenvalue weighted by Gasteiger charge is 2.40. The summed E-state index contributed by atoms with van der Waals surface area (Å²) in [4.78, 5) is 12.5. The number of hydrogen-bond donors (Lipinski definition) is 2. The number of ether oxygens (including phenoxy) is 1. The van der Waals surface area contributed by atoms with Crippen molar-refractivity contribution in [3.8, 4) is 5.75 Å². The van der Waals surface area contributed by atoms with Gasteiger partial charge < -0.3 is 10.1 Å². The first kappa shape index (κ1) is 21.0. The number of para-hydroxylation sites is 1. The number of hydrogen-bond acceptors (Lipinski definition) is 4. The first-order valence-electron chi connectivity index (χ1n) is 10.1. The van der Waals surface area contributed by atoms with Crippen LogP contribution in [0.2, 0.25) is 5.02 Å². The summed E-state index contributed by atoms with van der Waals surface area (Å²) in [5, 5.41) is 3.14. The third-order valence-electron chi connectivity index (χ3n) is 6.19. The summed E-state index contributed by atoms with van der Waals surface area (Å²) < 4.78 is 33.7. The lowest BCUT2D eigenvalue weighted by Crippen LogP contribution is -2.20. The van der Waals surface area contributed by atoms with Crippen molar-refractivity contribution in [1.82, 2.24) is 0 Å². The molecule has 1 amide bonds. The highest BCUT2D eigenvalue weighted by atomic mass is 35.5. The molecule has 2 bridgehead atoms. The molecule has 2 aliphatic carbocycles. The molecule has 2 aromatic rings. The van der Waals surface area contributed by atoms with E-state index in [2.05, 4.69) is 10.0 Å². The summed E-state index contributed by atoms with van der Waals surface area (Å²) in [6, 6.07) is 11.2. The predicted molar refractivity (Wildman–Crippen MR) is 117 cm³/mol. The number of methoxy groups -OCH3 is 1. The molecule has 2 fully saturated rings. The van der Waals surface area contributed by atoms with Gasteiger partial charge in [0, 0.05) is 12.1 Å². The quantitative estimate of drug-likeness (QED) is 0.630. The van der Waals surface area contributed by atoms with Crippen molar-refractivity contribution in [2.24, 2.45) is 17.8 Å². The van der Waals surface area contributed by atoms with Crippen LogP contribution in [-0.4, -0.2) is 21.4 Å². The Morgan fingerprint density at radius 1 is 1.17 bits per heavy atom. The lowest BCUT2D eigenvalue weighted by Gasteiger charge is -2.21. The Labute approximate surface area is 182 Å². The molecule has 2 aliphatic rings. The van der Waals surface area contributed by atoms with Gasteiger partial charge in [0.25, 0.3) is 10.0 Å². The van der Waals surface area contributed by atoms with E-state index in [0.29, 0.717) is 23.9 Å². The molecule has 0 aromatic heterocycles. The lowest BCUT2D eigenvalue weighted by atomic mass is 9.86. The standard InChI is InChI=1S/C22H25ClN2O4S/c1-29-20-9-8-17(24-22(26)12-16-11-14-6-7-15(16)10-14)13-21(20)30(27,28)25-19-5-3-2-4-18(19)23/h2-5,8-9,13-16,25H,6-7,10-12H2,1H3,(H,24,26). The van der Waals surface area contributed by atoms with Crippen molar-refractivity contribution in [3.05, 3.63) is 47.5 Å². The zero-order valence-corrected chi connectivity index (χ0v) is 18.3. The van der Waals surface area contributed by atoms with Crippen LogP contribution in [0.25, 0.3) is 0 Å². The number of sulfonamides is 1. The molecule has 160 valence electrons. The molecule has 3 atom stereocenters. The smallest absolute Gasteiger partial charge is 0.265 e. The fourth-order valence-corrected chi connectivity index (χ4v) is 6.30. The van der Waals surface area contributed by atoms with Crippen LogP contribution in [0.1, 0.15) is 32.1 Å². The van der Waals surface area contributed by atoms with Crippen molar-refractivity contribution in [2.45, 2.75) is 37.0 Å². The van der Waals surface area contributed by atoms with Crippen LogP contribution >= 0.6 is 11.6 Å². The minimum atomic E-state index is -3.98. The maximum absolute atomic E-state index is 13.0. The fourth-order valence-electron chi connectivity index (χ4n) is 4.78. The highest BCUT2D eigenvalue weighted by Crippen LogP contribution is 2.49. The molecule has 0 spiro atoms. The van der Waals surface area contributed by atoms with E-state index in [1.807, 2.05) is 0 Å². The van der Waals surface area contributed by atoms with Crippen LogP contribution in [0.3, 0.4) is 0 Å². The van der Waals surface area contributed by atoms with E-state index in [4.69, 9.17) is 16.3 Å². The van der Waals surface area contributed by atoms with Crippen molar-refractivity contribution >= 4 is 38.9 Å². The number of benzene rings is 2. The van der Waals surface area contributed by atoms with Gasteiger partial charge in [0.1, 0.15) is 10.6 Å². The number of rotatable bonds is 7. The summed E-state index contributed by atoms with van der Waals surface area (Å²) in [7, 11) is -2.58. The molecule has 3 unspecified atom stereocenters. The Balaban J connectivity index is 1.51. The third kappa shape index (κ3) is 4.42. The molecule has 0 radical (unpaired) electrons. The molecule has 2 saturated carbocycles. The highest BCUT2D eigenvalue weighted by molar-refractivity contribution is 7.92. The Kier molecular flexibility index (Phi) is 5.93. The second-order valence-corrected chi connectivity index (χ2v) is 10.2. The minimum Gasteiger partial charge on any atom is -0.495 e. The maximum atomic E-state index is 13.0. The number of amides is 1. The molecule has 0 heterocycles. The number of nitrogens with one attached hydrogen (secondary N) is 2. The largest absolute Gasteiger partial charge is 0.495 e. The molecule has 2 N–H and O–H groups in total. The van der Waals surface area contributed by atoms with Gasteiger partial charge in [-0.3, -0.25) is 9.52 Å². The Morgan fingerprint density at radius 3 is 2.63 bits per heavy atom. The van der Waals surface area contributed by atoms with Gasteiger partial charge in [0.15, 0.2) is 0 Å². The van der Waals surface area contributed by atoms with E-state index >= 15 is 0 Å². The average Bonchev–Trinajstić information content (AvgIpc) is 3.32. The van der Waals surface area contributed by atoms with Crippen LogP contribution in [0, 0.1) is 17.8 Å². The van der Waals surface area contributed by atoms with Gasteiger partial charge in [-0.25, -0.2) is 8.42 Å². The molecular weight excluding hydrogens is 424 g/mol. The topological polar surface area (TPSA) is 84.5 Å². The van der Waals surface area contributed by atoms with Gasteiger partial charge in [-0.1, -0.05) is 30.2 Å². The SMILES string of the molecule is COc1ccc(NC(=O)CC2CC3CCC2C3)cc1S(=O)(=O)Nc1ccccc1Cl. The third-order valence-corrected chi connectivity index (χ3v) is 7.90. The molecule has 6 nitrogen and oxygen atoms in total. The predicted octanol–water partition coefficient (Wildman–Crippen LogP) is 4.91. The van der Waals surface area contributed by atoms with Gasteiger partial charge in [0.2, 0.25) is 5.91 Å². The van der Waals surface area contributed by atoms with E-state index in [9.17, 15) is 13.2 Å². The summed E-state index contributed by atoms with van der Waals surface area (Å²) in [6.45, 7) is 0. The van der Waals surface area contributed by atoms with E-state index in [-0.39, 0.29) is 27.3 Å². The van der Waals surface area contributed by atoms with Crippen molar-refractivity contribution < 1.29 is 17.9 Å². The normalized spacial score (nSPS) is 22.7. The maximum Gasteiger partial charge on any atom is 0.265 e. The minimum absolute atomic E-state index is 0.0670. The molecule has 0 aliphatic heterocycles. The molecular formula is C22H25ClN2O4S. The van der Waals surface area contributed by atoms with E-state index < -0.39 is 10.0 Å². The number of halogens is 1. The summed E-state index contributed by atoms with van der Waals surface area (Å²) >= 11 is 6.08. The van der Waals surface area contributed by atoms with Crippen LogP contribution in [0.4, 0.5) is 11.4 Å². The molecule has 4 rings (SSSR count). The second kappa shape index (κ2) is 8.47. The fraction of sp³-hybridized carbons (Fsp3) is 0.409. The van der Waals surface area contributed by atoms with Crippen LogP contribution < -0.4 is 14.8 Å². The Bertz CT molecular complexity index is 1060. The molecule has 0 saturated heterocycles. The monoisotopic (exact) mass is 448 g/mol. The summed E-state index contributed by atoms with van der Waals surface area (Å²) in [6.07, 6.45) is 5.37. The van der Waals surface area contributed by atoms with Crippen LogP contribution in [0.15, 0.2) is 47.4 Å². The van der Waals surface area contributed by atoms with E-state index in [1.165, 1.54) is 38.5 Å². The number of carbonyl (C=O) groups excluding carboxylic acids is 1. The van der Waals surface area contributed by atoms with Gasteiger partial charge in [0.05, 0.1) is 17.8 Å². The van der Waals surface area contributed by atoms with Gasteiger partial charge in [-0.2, -0.15) is 0 Å². The van der Waals surface area contributed by atoms with Crippen LogP contribution in [-0.2, 0) is 14.8 Å². The van der Waals surface area contributed by atoms with Gasteiger partial charge >= 0.3 is 0 Å². The second-order valence-electron chi connectivity index (χ2n) is 8.14. The first-order chi connectivity index (χ1) is 14.4. The lowest BCUT2D eigenvalue weighted by molar-refractivity contribution is -0.117. The van der Waals surface area contributed by atoms with Crippen molar-refractivity contribution in [1.29, 1.82) is 0 Å². The number of anilines is 2. The summed E-state index contributed by atoms with van der Waals surface area (Å²) in [5.41, 5.74) is 0.690.